The molecule has 1 N–H and O–H groups in total. The zero-order valence-electron chi connectivity index (χ0n) is 10.1. The number of halogens is 1. The van der Waals surface area contributed by atoms with Gasteiger partial charge >= 0.3 is 5.97 Å². The first-order valence-electron chi connectivity index (χ1n) is 5.80. The molecule has 0 aromatic heterocycles. The lowest BCUT2D eigenvalue weighted by atomic mass is 10.0. The number of benzene rings is 2. The molecule has 0 aliphatic rings. The van der Waals surface area contributed by atoms with Gasteiger partial charge in [0.05, 0.1) is 11.0 Å². The SMILES string of the molecule is O=C(O)CS[C@@H](c1ccccc1)c1ccc(Cl)cc1. The second-order valence-corrected chi connectivity index (χ2v) is 5.58. The maximum atomic E-state index is 10.8. The number of carbonyl (C=O) groups is 1. The van der Waals surface area contributed by atoms with Crippen LogP contribution in [0.5, 0.6) is 0 Å². The molecule has 1 atom stereocenters. The molecule has 0 saturated carbocycles. The van der Waals surface area contributed by atoms with Crippen molar-refractivity contribution in [2.75, 3.05) is 5.75 Å². The molecule has 0 aliphatic heterocycles. The summed E-state index contributed by atoms with van der Waals surface area (Å²) >= 11 is 7.29. The summed E-state index contributed by atoms with van der Waals surface area (Å²) < 4.78 is 0. The van der Waals surface area contributed by atoms with Gasteiger partial charge in [0, 0.05) is 5.02 Å². The molecular formula is C15H13ClO2S. The Kier molecular flexibility index (Phi) is 4.88. The van der Waals surface area contributed by atoms with Gasteiger partial charge in [0.2, 0.25) is 0 Å². The van der Waals surface area contributed by atoms with Crippen LogP contribution < -0.4 is 0 Å². The Balaban J connectivity index is 2.28. The summed E-state index contributed by atoms with van der Waals surface area (Å²) in [4.78, 5) is 10.8. The molecule has 0 saturated heterocycles. The molecule has 2 aromatic carbocycles. The first-order chi connectivity index (χ1) is 9.16. The van der Waals surface area contributed by atoms with Crippen LogP contribution in [-0.4, -0.2) is 16.8 Å². The molecule has 2 aromatic rings. The van der Waals surface area contributed by atoms with Crippen molar-refractivity contribution < 1.29 is 9.90 Å². The van der Waals surface area contributed by atoms with Crippen LogP contribution in [0.4, 0.5) is 0 Å². The second kappa shape index (κ2) is 6.64. The first kappa shape index (κ1) is 14.0. The molecule has 0 heterocycles. The summed E-state index contributed by atoms with van der Waals surface area (Å²) in [5.41, 5.74) is 2.15. The van der Waals surface area contributed by atoms with E-state index in [1.54, 1.807) is 0 Å². The molecule has 2 rings (SSSR count). The van der Waals surface area contributed by atoms with Crippen molar-refractivity contribution in [1.82, 2.24) is 0 Å². The highest BCUT2D eigenvalue weighted by Crippen LogP contribution is 2.35. The molecule has 19 heavy (non-hydrogen) atoms. The van der Waals surface area contributed by atoms with E-state index in [1.165, 1.54) is 11.8 Å². The minimum atomic E-state index is -0.806. The average molecular weight is 293 g/mol. The zero-order valence-corrected chi connectivity index (χ0v) is 11.7. The molecule has 0 spiro atoms. The number of aliphatic carboxylic acids is 1. The van der Waals surface area contributed by atoms with Gasteiger partial charge in [-0.1, -0.05) is 54.1 Å². The normalized spacial score (nSPS) is 12.1. The third kappa shape index (κ3) is 4.01. The summed E-state index contributed by atoms with van der Waals surface area (Å²) in [5.74, 6) is -0.734. The lowest BCUT2D eigenvalue weighted by Crippen LogP contribution is -2.04. The van der Waals surface area contributed by atoms with E-state index in [0.717, 1.165) is 11.1 Å². The van der Waals surface area contributed by atoms with E-state index >= 15 is 0 Å². The van der Waals surface area contributed by atoms with Crippen LogP contribution in [0.3, 0.4) is 0 Å². The van der Waals surface area contributed by atoms with Gasteiger partial charge in [0.25, 0.3) is 0 Å². The fraction of sp³-hybridized carbons (Fsp3) is 0.133. The molecular weight excluding hydrogens is 280 g/mol. The van der Waals surface area contributed by atoms with Crippen molar-refractivity contribution >= 4 is 29.3 Å². The fourth-order valence-corrected chi connectivity index (χ4v) is 2.94. The smallest absolute Gasteiger partial charge is 0.313 e. The van der Waals surface area contributed by atoms with Gasteiger partial charge in [-0.25, -0.2) is 0 Å². The number of hydrogen-bond acceptors (Lipinski definition) is 2. The maximum Gasteiger partial charge on any atom is 0.313 e. The van der Waals surface area contributed by atoms with Gasteiger partial charge < -0.3 is 5.11 Å². The van der Waals surface area contributed by atoms with E-state index in [2.05, 4.69) is 0 Å². The summed E-state index contributed by atoms with van der Waals surface area (Å²) in [6.07, 6.45) is 0. The third-order valence-corrected chi connectivity index (χ3v) is 4.19. The number of hydrogen-bond donors (Lipinski definition) is 1. The molecule has 0 unspecified atom stereocenters. The monoisotopic (exact) mass is 292 g/mol. The van der Waals surface area contributed by atoms with Crippen molar-refractivity contribution in [2.45, 2.75) is 5.25 Å². The van der Waals surface area contributed by atoms with Crippen LogP contribution in [0.25, 0.3) is 0 Å². The van der Waals surface area contributed by atoms with Crippen molar-refractivity contribution in [2.24, 2.45) is 0 Å². The first-order valence-corrected chi connectivity index (χ1v) is 7.23. The molecule has 0 radical (unpaired) electrons. The van der Waals surface area contributed by atoms with Crippen molar-refractivity contribution in [1.29, 1.82) is 0 Å². The molecule has 98 valence electrons. The number of thioether (sulfide) groups is 1. The lowest BCUT2D eigenvalue weighted by Gasteiger charge is -2.16. The van der Waals surface area contributed by atoms with Gasteiger partial charge in [-0.2, -0.15) is 0 Å². The average Bonchev–Trinajstić information content (AvgIpc) is 2.42. The highest BCUT2D eigenvalue weighted by atomic mass is 35.5. The Morgan fingerprint density at radius 2 is 1.63 bits per heavy atom. The van der Waals surface area contributed by atoms with Crippen LogP contribution >= 0.6 is 23.4 Å². The molecule has 0 bridgehead atoms. The highest BCUT2D eigenvalue weighted by molar-refractivity contribution is 8.00. The Morgan fingerprint density at radius 3 is 2.21 bits per heavy atom. The summed E-state index contributed by atoms with van der Waals surface area (Å²) in [7, 11) is 0. The van der Waals surface area contributed by atoms with Gasteiger partial charge in [0.15, 0.2) is 0 Å². The predicted molar refractivity (Wildman–Crippen MR) is 79.8 cm³/mol. The van der Waals surface area contributed by atoms with Gasteiger partial charge in [-0.05, 0) is 23.3 Å². The van der Waals surface area contributed by atoms with Gasteiger partial charge in [-0.15, -0.1) is 11.8 Å². The molecule has 2 nitrogen and oxygen atoms in total. The third-order valence-electron chi connectivity index (χ3n) is 2.65. The van der Waals surface area contributed by atoms with Crippen LogP contribution in [0.1, 0.15) is 16.4 Å². The molecule has 0 amide bonds. The van der Waals surface area contributed by atoms with Gasteiger partial charge in [-0.3, -0.25) is 4.79 Å². The molecule has 0 aliphatic carbocycles. The van der Waals surface area contributed by atoms with E-state index in [-0.39, 0.29) is 11.0 Å². The van der Waals surface area contributed by atoms with Crippen LogP contribution in [0.2, 0.25) is 5.02 Å². The van der Waals surface area contributed by atoms with E-state index < -0.39 is 5.97 Å². The zero-order chi connectivity index (χ0) is 13.7. The Labute approximate surface area is 121 Å². The second-order valence-electron chi connectivity index (χ2n) is 4.05. The summed E-state index contributed by atoms with van der Waals surface area (Å²) in [5, 5.41) is 9.55. The number of rotatable bonds is 5. The van der Waals surface area contributed by atoms with Crippen LogP contribution in [0.15, 0.2) is 54.6 Å². The Hall–Kier alpha value is -1.45. The topological polar surface area (TPSA) is 37.3 Å². The van der Waals surface area contributed by atoms with Gasteiger partial charge in [0.1, 0.15) is 0 Å². The summed E-state index contributed by atoms with van der Waals surface area (Å²) in [6.45, 7) is 0. The fourth-order valence-electron chi connectivity index (χ4n) is 1.80. The van der Waals surface area contributed by atoms with Crippen molar-refractivity contribution in [3.05, 3.63) is 70.7 Å². The number of carboxylic acids is 1. The number of carboxylic acid groups (broad SMARTS) is 1. The van der Waals surface area contributed by atoms with Crippen molar-refractivity contribution in [3.63, 3.8) is 0 Å². The Morgan fingerprint density at radius 1 is 1.05 bits per heavy atom. The minimum absolute atomic E-state index is 0.00886. The Bertz CT molecular complexity index is 540. The molecule has 4 heteroatoms. The maximum absolute atomic E-state index is 10.8. The largest absolute Gasteiger partial charge is 0.481 e. The highest BCUT2D eigenvalue weighted by Gasteiger charge is 2.15. The van der Waals surface area contributed by atoms with E-state index in [1.807, 2.05) is 54.6 Å². The van der Waals surface area contributed by atoms with Crippen molar-refractivity contribution in [3.8, 4) is 0 Å². The van der Waals surface area contributed by atoms with Crippen LogP contribution in [0, 0.1) is 0 Å². The van der Waals surface area contributed by atoms with E-state index in [4.69, 9.17) is 16.7 Å². The standard InChI is InChI=1S/C15H13ClO2S/c16-13-8-6-12(7-9-13)15(19-10-14(17)18)11-4-2-1-3-5-11/h1-9,15H,10H2,(H,17,18)/t15-/m0/s1. The lowest BCUT2D eigenvalue weighted by molar-refractivity contribution is -0.133. The van der Waals surface area contributed by atoms with E-state index in [0.29, 0.717) is 5.02 Å². The molecule has 0 fully saturated rings. The predicted octanol–water partition coefficient (Wildman–Crippen LogP) is 4.25. The van der Waals surface area contributed by atoms with Crippen LogP contribution in [-0.2, 0) is 4.79 Å². The quantitative estimate of drug-likeness (QED) is 0.895. The van der Waals surface area contributed by atoms with E-state index in [9.17, 15) is 4.79 Å². The minimum Gasteiger partial charge on any atom is -0.481 e. The summed E-state index contributed by atoms with van der Waals surface area (Å²) in [6, 6.07) is 17.4.